The fourth-order valence-corrected chi connectivity index (χ4v) is 3.34. The van der Waals surface area contributed by atoms with Gasteiger partial charge in [-0.25, -0.2) is 9.18 Å². The predicted octanol–water partition coefficient (Wildman–Crippen LogP) is 2.32. The summed E-state index contributed by atoms with van der Waals surface area (Å²) in [4.78, 5) is 24.8. The zero-order valence-corrected chi connectivity index (χ0v) is 12.2. The lowest BCUT2D eigenvalue weighted by Crippen LogP contribution is -2.41. The summed E-state index contributed by atoms with van der Waals surface area (Å²) in [6, 6.07) is 4.50. The number of hydrogen-bond acceptors (Lipinski definition) is 2. The summed E-state index contributed by atoms with van der Waals surface area (Å²) >= 11 is 0. The SMILES string of the molecule is O=C(O)C1CCN(C(=O)NC2CCCc3c(F)cccc32)C1. The van der Waals surface area contributed by atoms with Crippen molar-refractivity contribution in [3.05, 3.63) is 35.1 Å². The van der Waals surface area contributed by atoms with E-state index >= 15 is 0 Å². The molecule has 0 spiro atoms. The summed E-state index contributed by atoms with van der Waals surface area (Å²) in [6.07, 6.45) is 2.78. The average molecular weight is 306 g/mol. The summed E-state index contributed by atoms with van der Waals surface area (Å²) in [5.74, 6) is -1.56. The van der Waals surface area contributed by atoms with Crippen LogP contribution in [0, 0.1) is 11.7 Å². The van der Waals surface area contributed by atoms with E-state index in [0.29, 0.717) is 24.9 Å². The molecule has 2 atom stereocenters. The minimum Gasteiger partial charge on any atom is -0.481 e. The quantitative estimate of drug-likeness (QED) is 0.881. The van der Waals surface area contributed by atoms with Crippen molar-refractivity contribution in [3.63, 3.8) is 0 Å². The van der Waals surface area contributed by atoms with Gasteiger partial charge in [-0.05, 0) is 42.9 Å². The first-order valence-electron chi connectivity index (χ1n) is 7.62. The highest BCUT2D eigenvalue weighted by atomic mass is 19.1. The Balaban J connectivity index is 1.69. The van der Waals surface area contributed by atoms with E-state index < -0.39 is 11.9 Å². The van der Waals surface area contributed by atoms with E-state index in [1.165, 1.54) is 11.0 Å². The number of carbonyl (C=O) groups excluding carboxylic acids is 1. The molecule has 3 rings (SSSR count). The second-order valence-corrected chi connectivity index (χ2v) is 5.97. The number of amides is 2. The molecule has 2 N–H and O–H groups in total. The van der Waals surface area contributed by atoms with Crippen molar-refractivity contribution >= 4 is 12.0 Å². The molecular formula is C16H19FN2O3. The van der Waals surface area contributed by atoms with Crippen LogP contribution in [-0.2, 0) is 11.2 Å². The molecule has 0 radical (unpaired) electrons. The Morgan fingerprint density at radius 2 is 2.14 bits per heavy atom. The van der Waals surface area contributed by atoms with Crippen LogP contribution in [0.4, 0.5) is 9.18 Å². The molecule has 1 heterocycles. The monoisotopic (exact) mass is 306 g/mol. The smallest absolute Gasteiger partial charge is 0.317 e. The molecule has 22 heavy (non-hydrogen) atoms. The largest absolute Gasteiger partial charge is 0.481 e. The van der Waals surface area contributed by atoms with Crippen molar-refractivity contribution in [2.75, 3.05) is 13.1 Å². The Hall–Kier alpha value is -2.11. The van der Waals surface area contributed by atoms with Crippen molar-refractivity contribution in [1.82, 2.24) is 10.2 Å². The molecule has 1 aliphatic heterocycles. The van der Waals surface area contributed by atoms with Gasteiger partial charge in [0.25, 0.3) is 0 Å². The number of aliphatic carboxylic acids is 1. The maximum Gasteiger partial charge on any atom is 0.317 e. The van der Waals surface area contributed by atoms with E-state index in [4.69, 9.17) is 5.11 Å². The number of nitrogens with one attached hydrogen (secondary N) is 1. The molecule has 5 nitrogen and oxygen atoms in total. The molecule has 0 aromatic heterocycles. The average Bonchev–Trinajstić information content (AvgIpc) is 2.98. The lowest BCUT2D eigenvalue weighted by Gasteiger charge is -2.28. The van der Waals surface area contributed by atoms with Crippen molar-refractivity contribution in [2.45, 2.75) is 31.7 Å². The first-order valence-corrected chi connectivity index (χ1v) is 7.62. The first-order chi connectivity index (χ1) is 10.6. The molecule has 2 unspecified atom stereocenters. The first kappa shape index (κ1) is 14.8. The molecule has 1 aromatic rings. The Labute approximate surface area is 128 Å². The van der Waals surface area contributed by atoms with Gasteiger partial charge < -0.3 is 15.3 Å². The zero-order valence-electron chi connectivity index (χ0n) is 12.2. The highest BCUT2D eigenvalue weighted by molar-refractivity contribution is 5.77. The molecule has 118 valence electrons. The van der Waals surface area contributed by atoms with Crippen molar-refractivity contribution < 1.29 is 19.1 Å². The topological polar surface area (TPSA) is 69.6 Å². The van der Waals surface area contributed by atoms with Gasteiger partial charge in [0.2, 0.25) is 0 Å². The summed E-state index contributed by atoms with van der Waals surface area (Å²) in [5, 5.41) is 11.9. The van der Waals surface area contributed by atoms with Crippen LogP contribution < -0.4 is 5.32 Å². The van der Waals surface area contributed by atoms with Crippen LogP contribution in [0.5, 0.6) is 0 Å². The van der Waals surface area contributed by atoms with Crippen molar-refractivity contribution in [2.24, 2.45) is 5.92 Å². The number of likely N-dealkylation sites (tertiary alicyclic amines) is 1. The predicted molar refractivity (Wildman–Crippen MR) is 77.9 cm³/mol. The van der Waals surface area contributed by atoms with Gasteiger partial charge in [-0.15, -0.1) is 0 Å². The van der Waals surface area contributed by atoms with Gasteiger partial charge in [0, 0.05) is 13.1 Å². The van der Waals surface area contributed by atoms with Crippen LogP contribution in [0.15, 0.2) is 18.2 Å². The zero-order chi connectivity index (χ0) is 15.7. The fourth-order valence-electron chi connectivity index (χ4n) is 3.34. The minimum absolute atomic E-state index is 0.198. The lowest BCUT2D eigenvalue weighted by atomic mass is 9.87. The van der Waals surface area contributed by atoms with Gasteiger partial charge in [0.1, 0.15) is 5.82 Å². The Morgan fingerprint density at radius 3 is 2.86 bits per heavy atom. The molecule has 2 amide bonds. The van der Waals surface area contributed by atoms with E-state index in [1.54, 1.807) is 6.07 Å². The number of fused-ring (bicyclic) bond motifs is 1. The standard InChI is InChI=1S/C16H19FN2O3/c17-13-5-1-4-12-11(13)3-2-6-14(12)18-16(22)19-8-7-10(9-19)15(20)21/h1,4-5,10,14H,2-3,6-9H2,(H,18,22)(H,20,21). The van der Waals surface area contributed by atoms with E-state index in [9.17, 15) is 14.0 Å². The third-order valence-electron chi connectivity index (χ3n) is 4.57. The van der Waals surface area contributed by atoms with Crippen LogP contribution in [-0.4, -0.2) is 35.1 Å². The number of carboxylic acid groups (broad SMARTS) is 1. The lowest BCUT2D eigenvalue weighted by molar-refractivity contribution is -0.141. The van der Waals surface area contributed by atoms with Gasteiger partial charge in [0.15, 0.2) is 0 Å². The van der Waals surface area contributed by atoms with E-state index in [-0.39, 0.29) is 24.4 Å². The maximum atomic E-state index is 13.8. The summed E-state index contributed by atoms with van der Waals surface area (Å²) in [7, 11) is 0. The van der Waals surface area contributed by atoms with Crippen LogP contribution in [0.1, 0.15) is 36.4 Å². The van der Waals surface area contributed by atoms with Crippen LogP contribution in [0.3, 0.4) is 0 Å². The second-order valence-electron chi connectivity index (χ2n) is 5.97. The number of benzene rings is 1. The number of halogens is 1. The number of hydrogen-bond donors (Lipinski definition) is 2. The Bertz CT molecular complexity index is 605. The van der Waals surface area contributed by atoms with Gasteiger partial charge >= 0.3 is 12.0 Å². The van der Waals surface area contributed by atoms with Gasteiger partial charge in [-0.1, -0.05) is 12.1 Å². The van der Waals surface area contributed by atoms with Crippen molar-refractivity contribution in [1.29, 1.82) is 0 Å². The van der Waals surface area contributed by atoms with Crippen LogP contribution >= 0.6 is 0 Å². The number of nitrogens with zero attached hydrogens (tertiary/aromatic N) is 1. The third kappa shape index (κ3) is 2.77. The van der Waals surface area contributed by atoms with E-state index in [1.807, 2.05) is 6.07 Å². The van der Waals surface area contributed by atoms with Gasteiger partial charge in [-0.2, -0.15) is 0 Å². The molecule has 1 aromatic carbocycles. The molecule has 0 saturated carbocycles. The number of urea groups is 1. The van der Waals surface area contributed by atoms with E-state index in [0.717, 1.165) is 18.4 Å². The minimum atomic E-state index is -0.861. The van der Waals surface area contributed by atoms with Crippen molar-refractivity contribution in [3.8, 4) is 0 Å². The normalized spacial score (nSPS) is 24.0. The van der Waals surface area contributed by atoms with E-state index in [2.05, 4.69) is 5.32 Å². The summed E-state index contributed by atoms with van der Waals surface area (Å²) in [5.41, 5.74) is 1.53. The molecule has 6 heteroatoms. The van der Waals surface area contributed by atoms with Crippen LogP contribution in [0.25, 0.3) is 0 Å². The highest BCUT2D eigenvalue weighted by Crippen LogP contribution is 2.31. The Morgan fingerprint density at radius 1 is 1.32 bits per heavy atom. The second kappa shape index (κ2) is 5.94. The summed E-state index contributed by atoms with van der Waals surface area (Å²) < 4.78 is 13.8. The molecule has 2 aliphatic rings. The number of carboxylic acids is 1. The molecule has 1 aliphatic carbocycles. The molecule has 1 saturated heterocycles. The van der Waals surface area contributed by atoms with Gasteiger partial charge in [0.05, 0.1) is 12.0 Å². The molecule has 1 fully saturated rings. The van der Waals surface area contributed by atoms with Gasteiger partial charge in [-0.3, -0.25) is 4.79 Å². The number of rotatable bonds is 2. The molecular weight excluding hydrogens is 287 g/mol. The molecule has 0 bridgehead atoms. The Kier molecular flexibility index (Phi) is 4.00. The number of carbonyl (C=O) groups is 2. The maximum absolute atomic E-state index is 13.8. The summed E-state index contributed by atoms with van der Waals surface area (Å²) in [6.45, 7) is 0.690. The fraction of sp³-hybridized carbons (Fsp3) is 0.500. The third-order valence-corrected chi connectivity index (χ3v) is 4.57. The van der Waals surface area contributed by atoms with Crippen LogP contribution in [0.2, 0.25) is 0 Å². The highest BCUT2D eigenvalue weighted by Gasteiger charge is 2.32.